The fourth-order valence-electron chi connectivity index (χ4n) is 3.37. The second-order valence-electron chi connectivity index (χ2n) is 6.42. The molecule has 8 heteroatoms. The van der Waals surface area contributed by atoms with Gasteiger partial charge in [0.15, 0.2) is 11.5 Å². The number of amides is 1. The number of benzene rings is 1. The van der Waals surface area contributed by atoms with Gasteiger partial charge in [-0.1, -0.05) is 6.07 Å². The van der Waals surface area contributed by atoms with Gasteiger partial charge in [-0.05, 0) is 23.8 Å². The van der Waals surface area contributed by atoms with Crippen LogP contribution in [0.15, 0.2) is 30.5 Å². The molecule has 3 heterocycles. The van der Waals surface area contributed by atoms with E-state index < -0.39 is 0 Å². The molecule has 0 saturated carbocycles. The van der Waals surface area contributed by atoms with Crippen LogP contribution in [0.2, 0.25) is 0 Å². The van der Waals surface area contributed by atoms with Gasteiger partial charge in [0, 0.05) is 39.5 Å². The second-order valence-corrected chi connectivity index (χ2v) is 6.42. The summed E-state index contributed by atoms with van der Waals surface area (Å²) >= 11 is 0. The monoisotopic (exact) mass is 358 g/mol. The third-order valence-electron chi connectivity index (χ3n) is 4.62. The van der Waals surface area contributed by atoms with Crippen molar-refractivity contribution in [3.05, 3.63) is 41.7 Å². The Hall–Kier alpha value is -2.58. The number of nitrogens with zero attached hydrogens (tertiary/aromatic N) is 3. The van der Waals surface area contributed by atoms with Crippen molar-refractivity contribution < 1.29 is 19.0 Å². The van der Waals surface area contributed by atoms with E-state index in [0.717, 1.165) is 35.8 Å². The third-order valence-corrected chi connectivity index (χ3v) is 4.62. The molecule has 2 aromatic rings. The van der Waals surface area contributed by atoms with Gasteiger partial charge >= 0.3 is 0 Å². The molecule has 26 heavy (non-hydrogen) atoms. The molecule has 2 aliphatic rings. The van der Waals surface area contributed by atoms with Crippen molar-refractivity contribution in [1.82, 2.24) is 20.0 Å². The summed E-state index contributed by atoms with van der Waals surface area (Å²) in [5.74, 6) is 1.52. The van der Waals surface area contributed by atoms with Crippen LogP contribution in [-0.2, 0) is 22.6 Å². The summed E-state index contributed by atoms with van der Waals surface area (Å²) < 4.78 is 17.6. The van der Waals surface area contributed by atoms with Crippen LogP contribution in [0.5, 0.6) is 11.5 Å². The van der Waals surface area contributed by atoms with E-state index in [1.165, 1.54) is 0 Å². The zero-order valence-electron chi connectivity index (χ0n) is 14.7. The Kier molecular flexibility index (Phi) is 4.77. The molecule has 1 N–H and O–H groups in total. The standard InChI is InChI=1S/C18H22N4O4/c1-24-7-6-19-18(23)15-11-21(10-14-4-5-20-22(14)15)9-13-2-3-16-17(8-13)26-12-25-16/h2-5,8,15H,6-7,9-12H2,1H3,(H,19,23)/t15-/m1/s1. The van der Waals surface area contributed by atoms with Crippen molar-refractivity contribution in [2.75, 3.05) is 33.6 Å². The highest BCUT2D eigenvalue weighted by Crippen LogP contribution is 2.33. The molecule has 1 amide bonds. The lowest BCUT2D eigenvalue weighted by Crippen LogP contribution is -2.45. The largest absolute Gasteiger partial charge is 0.454 e. The molecule has 0 radical (unpaired) electrons. The van der Waals surface area contributed by atoms with Crippen LogP contribution in [0.1, 0.15) is 17.3 Å². The SMILES string of the molecule is COCCNC(=O)[C@H]1CN(Cc2ccc3c(c2)OCO3)Cc2ccnn21. The van der Waals surface area contributed by atoms with E-state index in [9.17, 15) is 4.79 Å². The molecule has 0 saturated heterocycles. The normalized spacial score (nSPS) is 18.6. The Bertz CT molecular complexity index is 791. The van der Waals surface area contributed by atoms with Crippen LogP contribution < -0.4 is 14.8 Å². The Morgan fingerprint density at radius 1 is 1.35 bits per heavy atom. The van der Waals surface area contributed by atoms with Crippen LogP contribution in [0, 0.1) is 0 Å². The maximum Gasteiger partial charge on any atom is 0.246 e. The fraction of sp³-hybridized carbons (Fsp3) is 0.444. The van der Waals surface area contributed by atoms with Gasteiger partial charge < -0.3 is 19.5 Å². The predicted molar refractivity (Wildman–Crippen MR) is 92.8 cm³/mol. The van der Waals surface area contributed by atoms with E-state index in [0.29, 0.717) is 19.7 Å². The molecule has 138 valence electrons. The summed E-state index contributed by atoms with van der Waals surface area (Å²) in [5.41, 5.74) is 2.16. The molecule has 2 aliphatic heterocycles. The van der Waals surface area contributed by atoms with Gasteiger partial charge in [0.1, 0.15) is 6.04 Å². The highest BCUT2D eigenvalue weighted by Gasteiger charge is 2.30. The maximum atomic E-state index is 12.6. The van der Waals surface area contributed by atoms with E-state index in [1.54, 1.807) is 13.3 Å². The maximum absolute atomic E-state index is 12.6. The molecular weight excluding hydrogens is 336 g/mol. The average Bonchev–Trinajstić information content (AvgIpc) is 3.29. The van der Waals surface area contributed by atoms with Gasteiger partial charge in [0.05, 0.1) is 12.3 Å². The van der Waals surface area contributed by atoms with E-state index in [-0.39, 0.29) is 18.7 Å². The molecule has 0 fully saturated rings. The summed E-state index contributed by atoms with van der Waals surface area (Å²) in [4.78, 5) is 14.8. The molecule has 1 atom stereocenters. The highest BCUT2D eigenvalue weighted by molar-refractivity contribution is 5.80. The van der Waals surface area contributed by atoms with Gasteiger partial charge in [-0.25, -0.2) is 0 Å². The van der Waals surface area contributed by atoms with Gasteiger partial charge in [0.25, 0.3) is 0 Å². The van der Waals surface area contributed by atoms with Gasteiger partial charge in [-0.2, -0.15) is 5.10 Å². The van der Waals surface area contributed by atoms with E-state index in [2.05, 4.69) is 15.3 Å². The van der Waals surface area contributed by atoms with Gasteiger partial charge in [-0.15, -0.1) is 0 Å². The minimum Gasteiger partial charge on any atom is -0.454 e. The molecule has 0 aliphatic carbocycles. The summed E-state index contributed by atoms with van der Waals surface area (Å²) in [6.45, 7) is 3.32. The van der Waals surface area contributed by atoms with Crippen LogP contribution in [0.25, 0.3) is 0 Å². The molecule has 1 aromatic carbocycles. The number of methoxy groups -OCH3 is 1. The van der Waals surface area contributed by atoms with Crippen molar-refractivity contribution in [3.63, 3.8) is 0 Å². The molecule has 0 bridgehead atoms. The Labute approximate surface area is 151 Å². The first kappa shape index (κ1) is 16.9. The topological polar surface area (TPSA) is 77.8 Å². The number of nitrogens with one attached hydrogen (secondary N) is 1. The Balaban J connectivity index is 1.47. The molecule has 1 aromatic heterocycles. The Morgan fingerprint density at radius 3 is 3.12 bits per heavy atom. The zero-order valence-corrected chi connectivity index (χ0v) is 14.7. The average molecular weight is 358 g/mol. The number of carbonyl (C=O) groups excluding carboxylic acids is 1. The number of hydrogen-bond acceptors (Lipinski definition) is 6. The zero-order chi connectivity index (χ0) is 17.9. The lowest BCUT2D eigenvalue weighted by atomic mass is 10.1. The lowest BCUT2D eigenvalue weighted by Gasteiger charge is -2.33. The van der Waals surface area contributed by atoms with Crippen molar-refractivity contribution in [2.24, 2.45) is 0 Å². The summed E-state index contributed by atoms with van der Waals surface area (Å²) in [5, 5.41) is 7.25. The van der Waals surface area contributed by atoms with Crippen LogP contribution in [0.3, 0.4) is 0 Å². The molecular formula is C18H22N4O4. The van der Waals surface area contributed by atoms with Gasteiger partial charge in [-0.3, -0.25) is 14.4 Å². The van der Waals surface area contributed by atoms with Crippen LogP contribution in [0.4, 0.5) is 0 Å². The number of aromatic nitrogens is 2. The van der Waals surface area contributed by atoms with Crippen molar-refractivity contribution in [3.8, 4) is 11.5 Å². The number of fused-ring (bicyclic) bond motifs is 2. The number of rotatable bonds is 6. The van der Waals surface area contributed by atoms with E-state index in [1.807, 2.05) is 28.9 Å². The first-order valence-corrected chi connectivity index (χ1v) is 8.64. The van der Waals surface area contributed by atoms with Crippen molar-refractivity contribution >= 4 is 5.91 Å². The van der Waals surface area contributed by atoms with E-state index in [4.69, 9.17) is 14.2 Å². The smallest absolute Gasteiger partial charge is 0.246 e. The van der Waals surface area contributed by atoms with Gasteiger partial charge in [0.2, 0.25) is 12.7 Å². The molecule has 0 unspecified atom stereocenters. The summed E-state index contributed by atoms with van der Waals surface area (Å²) in [6.07, 6.45) is 1.74. The predicted octanol–water partition coefficient (Wildman–Crippen LogP) is 0.931. The number of ether oxygens (including phenoxy) is 3. The second kappa shape index (κ2) is 7.35. The highest BCUT2D eigenvalue weighted by atomic mass is 16.7. The summed E-state index contributed by atoms with van der Waals surface area (Å²) in [7, 11) is 1.62. The summed E-state index contributed by atoms with van der Waals surface area (Å²) in [6, 6.07) is 7.58. The van der Waals surface area contributed by atoms with Crippen LogP contribution in [-0.4, -0.2) is 54.2 Å². The first-order valence-electron chi connectivity index (χ1n) is 8.64. The van der Waals surface area contributed by atoms with Crippen molar-refractivity contribution in [1.29, 1.82) is 0 Å². The first-order chi connectivity index (χ1) is 12.7. The number of carbonyl (C=O) groups is 1. The minimum atomic E-state index is -0.348. The Morgan fingerprint density at radius 2 is 2.23 bits per heavy atom. The minimum absolute atomic E-state index is 0.0395. The number of hydrogen-bond donors (Lipinski definition) is 1. The van der Waals surface area contributed by atoms with Crippen molar-refractivity contribution in [2.45, 2.75) is 19.1 Å². The quantitative estimate of drug-likeness (QED) is 0.774. The van der Waals surface area contributed by atoms with Crippen LogP contribution >= 0.6 is 0 Å². The third kappa shape index (κ3) is 3.38. The lowest BCUT2D eigenvalue weighted by molar-refractivity contribution is -0.126. The molecule has 0 spiro atoms. The molecule has 8 nitrogen and oxygen atoms in total. The fourth-order valence-corrected chi connectivity index (χ4v) is 3.37. The van der Waals surface area contributed by atoms with E-state index >= 15 is 0 Å². The molecule has 4 rings (SSSR count).